The van der Waals surface area contributed by atoms with E-state index in [1.807, 2.05) is 0 Å². The lowest BCUT2D eigenvalue weighted by Crippen LogP contribution is -2.39. The molecule has 0 spiro atoms. The van der Waals surface area contributed by atoms with Crippen molar-refractivity contribution >= 4 is 17.6 Å². The summed E-state index contributed by atoms with van der Waals surface area (Å²) in [5, 5.41) is 9.42. The molecule has 1 N–H and O–H groups in total. The predicted molar refractivity (Wildman–Crippen MR) is 81.1 cm³/mol. The van der Waals surface area contributed by atoms with Gasteiger partial charge in [0.15, 0.2) is 0 Å². The Bertz CT molecular complexity index is 521. The molecule has 1 aliphatic heterocycles. The van der Waals surface area contributed by atoms with E-state index in [-0.39, 0.29) is 18.3 Å². The lowest BCUT2D eigenvalue weighted by atomic mass is 9.97. The maximum Gasteiger partial charge on any atom is 0.303 e. The standard InChI is InChI=1S/C16H21ClFNO2/c1-11-8-14(17)12(9-15(11)18)10-19-7-3-2-4-13(19)5-6-16(20)21/h8-9,13H,2-7,10H2,1H3,(H,20,21). The molecule has 5 heteroatoms. The Labute approximate surface area is 129 Å². The monoisotopic (exact) mass is 313 g/mol. The second-order valence-electron chi connectivity index (χ2n) is 5.75. The van der Waals surface area contributed by atoms with Crippen molar-refractivity contribution in [1.29, 1.82) is 0 Å². The summed E-state index contributed by atoms with van der Waals surface area (Å²) in [6.07, 6.45) is 4.03. The molecule has 0 bridgehead atoms. The van der Waals surface area contributed by atoms with E-state index in [2.05, 4.69) is 4.90 Å². The smallest absolute Gasteiger partial charge is 0.303 e. The third-order valence-electron chi connectivity index (χ3n) is 4.14. The van der Waals surface area contributed by atoms with Crippen LogP contribution in [0.5, 0.6) is 0 Å². The number of halogens is 2. The highest BCUT2D eigenvalue weighted by molar-refractivity contribution is 6.31. The highest BCUT2D eigenvalue weighted by atomic mass is 35.5. The van der Waals surface area contributed by atoms with Crippen LogP contribution in [0.2, 0.25) is 5.02 Å². The molecule has 0 amide bonds. The van der Waals surface area contributed by atoms with Gasteiger partial charge < -0.3 is 5.11 Å². The second-order valence-corrected chi connectivity index (χ2v) is 6.15. The molecule has 0 aliphatic carbocycles. The lowest BCUT2D eigenvalue weighted by molar-refractivity contribution is -0.137. The molecule has 21 heavy (non-hydrogen) atoms. The van der Waals surface area contributed by atoms with Gasteiger partial charge in [-0.3, -0.25) is 9.69 Å². The first kappa shape index (κ1) is 16.2. The van der Waals surface area contributed by atoms with E-state index in [9.17, 15) is 9.18 Å². The molecule has 3 nitrogen and oxygen atoms in total. The van der Waals surface area contributed by atoms with Crippen LogP contribution >= 0.6 is 11.6 Å². The number of hydrogen-bond donors (Lipinski definition) is 1. The minimum absolute atomic E-state index is 0.178. The SMILES string of the molecule is Cc1cc(Cl)c(CN2CCCCC2CCC(=O)O)cc1F. The molecular formula is C16H21ClFNO2. The normalized spacial score (nSPS) is 19.7. The van der Waals surface area contributed by atoms with Gasteiger partial charge in [-0.15, -0.1) is 0 Å². The molecule has 1 aromatic rings. The number of aliphatic carboxylic acids is 1. The summed E-state index contributed by atoms with van der Waals surface area (Å²) in [4.78, 5) is 13.0. The molecule has 0 aromatic heterocycles. The third kappa shape index (κ3) is 4.42. The summed E-state index contributed by atoms with van der Waals surface area (Å²) >= 11 is 6.21. The first-order chi connectivity index (χ1) is 9.97. The van der Waals surface area contributed by atoms with Gasteiger partial charge in [-0.25, -0.2) is 4.39 Å². The predicted octanol–water partition coefficient (Wildman–Crippen LogP) is 4.01. The van der Waals surface area contributed by atoms with E-state index in [4.69, 9.17) is 16.7 Å². The molecule has 1 atom stereocenters. The molecule has 1 aromatic carbocycles. The number of benzene rings is 1. The topological polar surface area (TPSA) is 40.5 Å². The molecule has 1 saturated heterocycles. The Morgan fingerprint density at radius 1 is 1.48 bits per heavy atom. The number of rotatable bonds is 5. The highest BCUT2D eigenvalue weighted by Gasteiger charge is 2.23. The lowest BCUT2D eigenvalue weighted by Gasteiger charge is -2.35. The van der Waals surface area contributed by atoms with Crippen LogP contribution in [0.3, 0.4) is 0 Å². The van der Waals surface area contributed by atoms with Crippen LogP contribution in [0, 0.1) is 12.7 Å². The Morgan fingerprint density at radius 2 is 2.24 bits per heavy atom. The summed E-state index contributed by atoms with van der Waals surface area (Å²) < 4.78 is 13.7. The zero-order chi connectivity index (χ0) is 15.4. The Morgan fingerprint density at radius 3 is 2.95 bits per heavy atom. The van der Waals surface area contributed by atoms with E-state index < -0.39 is 5.97 Å². The van der Waals surface area contributed by atoms with Gasteiger partial charge in [-0.2, -0.15) is 0 Å². The van der Waals surface area contributed by atoms with Crippen molar-refractivity contribution in [2.45, 2.75) is 51.6 Å². The van der Waals surface area contributed by atoms with E-state index in [1.165, 1.54) is 6.07 Å². The number of likely N-dealkylation sites (tertiary alicyclic amines) is 1. The van der Waals surface area contributed by atoms with Crippen molar-refractivity contribution in [3.8, 4) is 0 Å². The molecule has 1 fully saturated rings. The molecular weight excluding hydrogens is 293 g/mol. The average molecular weight is 314 g/mol. The quantitative estimate of drug-likeness (QED) is 0.893. The Hall–Kier alpha value is -1.13. The van der Waals surface area contributed by atoms with Crippen molar-refractivity contribution < 1.29 is 14.3 Å². The van der Waals surface area contributed by atoms with Gasteiger partial charge in [0.2, 0.25) is 0 Å². The van der Waals surface area contributed by atoms with Crippen molar-refractivity contribution in [1.82, 2.24) is 4.90 Å². The molecule has 2 rings (SSSR count). The summed E-state index contributed by atoms with van der Waals surface area (Å²) in [6, 6.07) is 3.40. The van der Waals surface area contributed by atoms with Gasteiger partial charge in [0, 0.05) is 24.0 Å². The number of aryl methyl sites for hydroxylation is 1. The van der Waals surface area contributed by atoms with Gasteiger partial charge in [0.25, 0.3) is 0 Å². The number of hydrogen-bond acceptors (Lipinski definition) is 2. The van der Waals surface area contributed by atoms with Gasteiger partial charge in [-0.1, -0.05) is 18.0 Å². The van der Waals surface area contributed by atoms with Crippen LogP contribution in [0.25, 0.3) is 0 Å². The Balaban J connectivity index is 2.08. The zero-order valence-corrected chi connectivity index (χ0v) is 13.0. The number of carboxylic acid groups (broad SMARTS) is 1. The first-order valence-corrected chi connectivity index (χ1v) is 7.75. The first-order valence-electron chi connectivity index (χ1n) is 7.37. The number of piperidine rings is 1. The third-order valence-corrected chi connectivity index (χ3v) is 4.49. The molecule has 0 saturated carbocycles. The number of carboxylic acids is 1. The van der Waals surface area contributed by atoms with E-state index in [1.54, 1.807) is 13.0 Å². The number of carbonyl (C=O) groups is 1. The van der Waals surface area contributed by atoms with Gasteiger partial charge in [0.1, 0.15) is 5.82 Å². The van der Waals surface area contributed by atoms with Gasteiger partial charge in [0.05, 0.1) is 0 Å². The van der Waals surface area contributed by atoms with Crippen LogP contribution in [0.1, 0.15) is 43.2 Å². The highest BCUT2D eigenvalue weighted by Crippen LogP contribution is 2.27. The van der Waals surface area contributed by atoms with Crippen LogP contribution in [-0.2, 0) is 11.3 Å². The fourth-order valence-electron chi connectivity index (χ4n) is 2.91. The fraction of sp³-hybridized carbons (Fsp3) is 0.562. The van der Waals surface area contributed by atoms with Gasteiger partial charge >= 0.3 is 5.97 Å². The molecule has 1 heterocycles. The molecule has 116 valence electrons. The van der Waals surface area contributed by atoms with Crippen molar-refractivity contribution in [3.05, 3.63) is 34.1 Å². The maximum absolute atomic E-state index is 13.7. The van der Waals surface area contributed by atoms with E-state index in [0.717, 1.165) is 31.4 Å². The fourth-order valence-corrected chi connectivity index (χ4v) is 3.19. The summed E-state index contributed by atoms with van der Waals surface area (Å²) in [7, 11) is 0. The summed E-state index contributed by atoms with van der Waals surface area (Å²) in [5.74, 6) is -1.01. The minimum Gasteiger partial charge on any atom is -0.481 e. The molecule has 1 unspecified atom stereocenters. The maximum atomic E-state index is 13.7. The van der Waals surface area contributed by atoms with Crippen molar-refractivity contribution in [2.24, 2.45) is 0 Å². The van der Waals surface area contributed by atoms with Crippen LogP contribution < -0.4 is 0 Å². The molecule has 1 aliphatic rings. The number of nitrogens with zero attached hydrogens (tertiary/aromatic N) is 1. The summed E-state index contributed by atoms with van der Waals surface area (Å²) in [5.41, 5.74) is 1.33. The van der Waals surface area contributed by atoms with E-state index >= 15 is 0 Å². The van der Waals surface area contributed by atoms with Gasteiger partial charge in [-0.05, 0) is 56.0 Å². The van der Waals surface area contributed by atoms with Crippen LogP contribution in [0.4, 0.5) is 4.39 Å². The average Bonchev–Trinajstić information content (AvgIpc) is 2.43. The van der Waals surface area contributed by atoms with Crippen LogP contribution in [0.15, 0.2) is 12.1 Å². The largest absolute Gasteiger partial charge is 0.481 e. The van der Waals surface area contributed by atoms with Crippen LogP contribution in [-0.4, -0.2) is 28.6 Å². The Kier molecular flexibility index (Phi) is 5.59. The zero-order valence-electron chi connectivity index (χ0n) is 12.2. The second kappa shape index (κ2) is 7.23. The summed E-state index contributed by atoms with van der Waals surface area (Å²) in [6.45, 7) is 3.19. The van der Waals surface area contributed by atoms with Crippen molar-refractivity contribution in [2.75, 3.05) is 6.54 Å². The van der Waals surface area contributed by atoms with Crippen molar-refractivity contribution in [3.63, 3.8) is 0 Å². The molecule has 0 radical (unpaired) electrons. The van der Waals surface area contributed by atoms with E-state index in [0.29, 0.717) is 23.6 Å². The minimum atomic E-state index is -0.764.